The number of aliphatic hydroxyl groups is 1. The third kappa shape index (κ3) is 3.90. The molecular formula is C15H16F5N3O. The highest BCUT2D eigenvalue weighted by atomic mass is 19.4. The zero-order chi connectivity index (χ0) is 18.0. The SMILES string of the molecule is Cn1ccnc1C(O)(CCNCc1cc(F)cc(F)c1)C(F)(F)F. The summed E-state index contributed by atoms with van der Waals surface area (Å²) in [5.41, 5.74) is -2.87. The molecule has 2 N–H and O–H groups in total. The second-order valence-electron chi connectivity index (χ2n) is 5.42. The lowest BCUT2D eigenvalue weighted by atomic mass is 9.97. The Bertz CT molecular complexity index is 680. The number of nitrogens with zero attached hydrogens (tertiary/aromatic N) is 2. The molecule has 2 rings (SSSR count). The molecule has 0 bridgehead atoms. The predicted molar refractivity (Wildman–Crippen MR) is 75.8 cm³/mol. The minimum Gasteiger partial charge on any atom is -0.374 e. The van der Waals surface area contributed by atoms with Crippen LogP contribution >= 0.6 is 0 Å². The molecule has 4 nitrogen and oxygen atoms in total. The molecule has 0 fully saturated rings. The highest BCUT2D eigenvalue weighted by Gasteiger charge is 2.56. The molecule has 132 valence electrons. The summed E-state index contributed by atoms with van der Waals surface area (Å²) in [7, 11) is 1.35. The van der Waals surface area contributed by atoms with Crippen LogP contribution in [-0.2, 0) is 19.2 Å². The van der Waals surface area contributed by atoms with Crippen molar-refractivity contribution >= 4 is 0 Å². The summed E-state index contributed by atoms with van der Waals surface area (Å²) < 4.78 is 67.0. The Hall–Kier alpha value is -2.00. The van der Waals surface area contributed by atoms with E-state index in [1.807, 2.05) is 0 Å². The molecule has 9 heteroatoms. The number of hydrogen-bond donors (Lipinski definition) is 2. The van der Waals surface area contributed by atoms with E-state index in [1.165, 1.54) is 13.2 Å². The van der Waals surface area contributed by atoms with Crippen molar-refractivity contribution < 1.29 is 27.1 Å². The largest absolute Gasteiger partial charge is 0.424 e. The molecule has 1 heterocycles. The van der Waals surface area contributed by atoms with E-state index in [0.717, 1.165) is 22.9 Å². The maximum atomic E-state index is 13.3. The van der Waals surface area contributed by atoms with Gasteiger partial charge >= 0.3 is 6.18 Å². The van der Waals surface area contributed by atoms with Crippen LogP contribution in [0, 0.1) is 11.6 Å². The van der Waals surface area contributed by atoms with Crippen molar-refractivity contribution in [3.63, 3.8) is 0 Å². The van der Waals surface area contributed by atoms with E-state index in [-0.39, 0.29) is 18.7 Å². The van der Waals surface area contributed by atoms with Gasteiger partial charge in [-0.3, -0.25) is 0 Å². The van der Waals surface area contributed by atoms with Gasteiger partial charge in [0.25, 0.3) is 0 Å². The van der Waals surface area contributed by atoms with Crippen molar-refractivity contribution in [3.8, 4) is 0 Å². The molecule has 0 amide bonds. The Kier molecular flexibility index (Phi) is 5.24. The van der Waals surface area contributed by atoms with Crippen molar-refractivity contribution in [3.05, 3.63) is 53.6 Å². The fourth-order valence-electron chi connectivity index (χ4n) is 2.36. The predicted octanol–water partition coefficient (Wildman–Crippen LogP) is 2.63. The fraction of sp³-hybridized carbons (Fsp3) is 0.400. The summed E-state index contributed by atoms with van der Waals surface area (Å²) in [6, 6.07) is 2.85. The molecule has 0 radical (unpaired) electrons. The van der Waals surface area contributed by atoms with Gasteiger partial charge in [-0.2, -0.15) is 13.2 Å². The Morgan fingerprint density at radius 1 is 1.17 bits per heavy atom. The van der Waals surface area contributed by atoms with Crippen LogP contribution in [0.5, 0.6) is 0 Å². The van der Waals surface area contributed by atoms with Gasteiger partial charge in [0, 0.05) is 38.5 Å². The molecule has 1 atom stereocenters. The molecule has 1 unspecified atom stereocenters. The van der Waals surface area contributed by atoms with Crippen LogP contribution in [0.15, 0.2) is 30.6 Å². The zero-order valence-corrected chi connectivity index (χ0v) is 12.7. The van der Waals surface area contributed by atoms with Crippen LogP contribution in [0.4, 0.5) is 22.0 Å². The van der Waals surface area contributed by atoms with Crippen molar-refractivity contribution in [1.29, 1.82) is 0 Å². The number of nitrogens with one attached hydrogen (secondary N) is 1. The van der Waals surface area contributed by atoms with E-state index >= 15 is 0 Å². The number of aromatic nitrogens is 2. The highest BCUT2D eigenvalue weighted by Crippen LogP contribution is 2.40. The van der Waals surface area contributed by atoms with E-state index in [9.17, 15) is 27.1 Å². The summed E-state index contributed by atoms with van der Waals surface area (Å²) in [6.07, 6.45) is -3.15. The molecule has 1 aromatic heterocycles. The van der Waals surface area contributed by atoms with Crippen LogP contribution in [-0.4, -0.2) is 27.4 Å². The molecule has 0 aliphatic rings. The van der Waals surface area contributed by atoms with Crippen LogP contribution in [0.1, 0.15) is 17.8 Å². The average Bonchev–Trinajstić information content (AvgIpc) is 2.88. The number of hydrogen-bond acceptors (Lipinski definition) is 3. The summed E-state index contributed by atoms with van der Waals surface area (Å²) in [5, 5.41) is 12.7. The lowest BCUT2D eigenvalue weighted by Gasteiger charge is -2.30. The number of imidazole rings is 1. The Morgan fingerprint density at radius 2 is 1.79 bits per heavy atom. The van der Waals surface area contributed by atoms with E-state index in [1.54, 1.807) is 0 Å². The molecule has 1 aromatic carbocycles. The maximum absolute atomic E-state index is 13.3. The van der Waals surface area contributed by atoms with Gasteiger partial charge in [-0.25, -0.2) is 13.8 Å². The molecular weight excluding hydrogens is 333 g/mol. The third-order valence-electron chi connectivity index (χ3n) is 3.58. The van der Waals surface area contributed by atoms with Crippen LogP contribution < -0.4 is 5.32 Å². The monoisotopic (exact) mass is 349 g/mol. The minimum absolute atomic E-state index is 0.0385. The van der Waals surface area contributed by atoms with Gasteiger partial charge in [0.2, 0.25) is 5.60 Å². The first-order chi connectivity index (χ1) is 11.1. The lowest BCUT2D eigenvalue weighted by Crippen LogP contribution is -2.46. The van der Waals surface area contributed by atoms with Gasteiger partial charge in [-0.15, -0.1) is 0 Å². The summed E-state index contributed by atoms with van der Waals surface area (Å²) in [5.74, 6) is -2.06. The number of benzene rings is 1. The van der Waals surface area contributed by atoms with Crippen molar-refractivity contribution in [2.75, 3.05) is 6.54 Å². The Labute approximate surface area is 134 Å². The first-order valence-electron chi connectivity index (χ1n) is 7.06. The van der Waals surface area contributed by atoms with E-state index in [4.69, 9.17) is 0 Å². The lowest BCUT2D eigenvalue weighted by molar-refractivity contribution is -0.272. The van der Waals surface area contributed by atoms with Crippen LogP contribution in [0.3, 0.4) is 0 Å². The normalized spacial score (nSPS) is 14.6. The van der Waals surface area contributed by atoms with Gasteiger partial charge in [0.1, 0.15) is 17.5 Å². The zero-order valence-electron chi connectivity index (χ0n) is 12.7. The van der Waals surface area contributed by atoms with E-state index in [0.29, 0.717) is 6.07 Å². The van der Waals surface area contributed by atoms with E-state index < -0.39 is 35.7 Å². The van der Waals surface area contributed by atoms with Crippen molar-refractivity contribution in [2.24, 2.45) is 7.05 Å². The highest BCUT2D eigenvalue weighted by molar-refractivity contribution is 5.17. The van der Waals surface area contributed by atoms with Crippen LogP contribution in [0.2, 0.25) is 0 Å². The minimum atomic E-state index is -4.92. The van der Waals surface area contributed by atoms with Crippen LogP contribution in [0.25, 0.3) is 0 Å². The summed E-state index contributed by atoms with van der Waals surface area (Å²) in [4.78, 5) is 3.58. The van der Waals surface area contributed by atoms with Crippen molar-refractivity contribution in [2.45, 2.75) is 24.7 Å². The first kappa shape index (κ1) is 18.3. The summed E-state index contributed by atoms with van der Waals surface area (Å²) in [6.45, 7) is -0.274. The first-order valence-corrected chi connectivity index (χ1v) is 7.06. The van der Waals surface area contributed by atoms with Gasteiger partial charge in [-0.1, -0.05) is 0 Å². The molecule has 0 aliphatic heterocycles. The molecule has 0 aliphatic carbocycles. The maximum Gasteiger partial charge on any atom is 0.424 e. The quantitative estimate of drug-likeness (QED) is 0.623. The molecule has 0 spiro atoms. The number of halogens is 5. The summed E-state index contributed by atoms with van der Waals surface area (Å²) >= 11 is 0. The standard InChI is InChI=1S/C15H16F5N3O/c1-23-5-4-22-13(23)14(24,15(18,19)20)2-3-21-9-10-6-11(16)8-12(17)7-10/h4-8,21,24H,2-3,9H2,1H3. The molecule has 0 saturated carbocycles. The molecule has 0 saturated heterocycles. The topological polar surface area (TPSA) is 50.1 Å². The van der Waals surface area contributed by atoms with Gasteiger partial charge in [0.05, 0.1) is 0 Å². The van der Waals surface area contributed by atoms with Gasteiger partial charge in [0.15, 0.2) is 0 Å². The van der Waals surface area contributed by atoms with E-state index in [2.05, 4.69) is 10.3 Å². The number of alkyl halides is 3. The van der Waals surface area contributed by atoms with Crippen molar-refractivity contribution in [1.82, 2.24) is 14.9 Å². The Balaban J connectivity index is 2.03. The molecule has 24 heavy (non-hydrogen) atoms. The second-order valence-corrected chi connectivity index (χ2v) is 5.42. The average molecular weight is 349 g/mol. The number of rotatable bonds is 6. The fourth-order valence-corrected chi connectivity index (χ4v) is 2.36. The number of aryl methyl sites for hydroxylation is 1. The third-order valence-corrected chi connectivity index (χ3v) is 3.58. The Morgan fingerprint density at radius 3 is 2.29 bits per heavy atom. The van der Waals surface area contributed by atoms with Gasteiger partial charge < -0.3 is 15.0 Å². The smallest absolute Gasteiger partial charge is 0.374 e. The van der Waals surface area contributed by atoms with Gasteiger partial charge in [-0.05, 0) is 24.2 Å². The second kappa shape index (κ2) is 6.86. The molecule has 2 aromatic rings.